The zero-order chi connectivity index (χ0) is 22.4. The summed E-state index contributed by atoms with van der Waals surface area (Å²) in [7, 11) is 0. The largest absolute Gasteiger partial charge is 0.493 e. The standard InChI is InChI=1S/C22H19N9O2/c32-21-17(27-22(33)29-21)9-13-12-24-31-19(26-14-5-6-14)11-18(28-20(13)31)25-15-3-1-4-16(10-15)30-8-2-7-23-30/h1-4,7-12,14,25,32H,5-6H2,(H2,27,29,33)/b13-9-,26-19?. The van der Waals surface area contributed by atoms with E-state index in [0.29, 0.717) is 22.2 Å². The molecule has 4 N–H and O–H groups in total. The van der Waals surface area contributed by atoms with Gasteiger partial charge in [-0.3, -0.25) is 9.98 Å². The van der Waals surface area contributed by atoms with E-state index >= 15 is 0 Å². The molecule has 1 aromatic carbocycles. The van der Waals surface area contributed by atoms with E-state index in [1.807, 2.05) is 42.6 Å². The molecule has 4 aromatic heterocycles. The van der Waals surface area contributed by atoms with E-state index in [0.717, 1.165) is 24.2 Å². The van der Waals surface area contributed by atoms with Crippen LogP contribution in [0.1, 0.15) is 18.5 Å². The number of aromatic nitrogens is 7. The number of benzene rings is 1. The van der Waals surface area contributed by atoms with Gasteiger partial charge in [0.2, 0.25) is 5.88 Å². The van der Waals surface area contributed by atoms with Crippen LogP contribution in [0, 0.1) is 0 Å². The van der Waals surface area contributed by atoms with E-state index in [1.165, 1.54) is 0 Å². The number of H-pyrrole nitrogens is 2. The minimum atomic E-state index is -0.493. The maximum absolute atomic E-state index is 11.5. The van der Waals surface area contributed by atoms with Gasteiger partial charge in [0.05, 0.1) is 17.9 Å². The molecule has 0 atom stereocenters. The zero-order valence-corrected chi connectivity index (χ0v) is 17.3. The average molecular weight is 441 g/mol. The summed E-state index contributed by atoms with van der Waals surface area (Å²) in [4.78, 5) is 25.9. The predicted octanol–water partition coefficient (Wildman–Crippen LogP) is 0.991. The molecule has 1 fully saturated rings. The van der Waals surface area contributed by atoms with Gasteiger partial charge in [-0.2, -0.15) is 14.7 Å². The number of aromatic amines is 2. The van der Waals surface area contributed by atoms with Crippen LogP contribution in [0.3, 0.4) is 0 Å². The molecule has 11 heteroatoms. The molecule has 33 heavy (non-hydrogen) atoms. The Morgan fingerprint density at radius 3 is 2.85 bits per heavy atom. The van der Waals surface area contributed by atoms with Crippen molar-refractivity contribution in [1.29, 1.82) is 0 Å². The van der Waals surface area contributed by atoms with Crippen LogP contribution < -0.4 is 21.7 Å². The Morgan fingerprint density at radius 1 is 1.18 bits per heavy atom. The highest BCUT2D eigenvalue weighted by Gasteiger charge is 2.20. The first-order valence-corrected chi connectivity index (χ1v) is 10.5. The zero-order valence-electron chi connectivity index (χ0n) is 17.3. The van der Waals surface area contributed by atoms with Crippen LogP contribution in [0.5, 0.6) is 5.88 Å². The number of aromatic hydroxyl groups is 1. The van der Waals surface area contributed by atoms with E-state index in [1.54, 1.807) is 27.7 Å². The van der Waals surface area contributed by atoms with Crippen LogP contribution in [0.15, 0.2) is 64.8 Å². The van der Waals surface area contributed by atoms with Gasteiger partial charge in [0, 0.05) is 29.4 Å². The summed E-state index contributed by atoms with van der Waals surface area (Å²) >= 11 is 0. The van der Waals surface area contributed by atoms with Gasteiger partial charge in [0.25, 0.3) is 0 Å². The first-order chi connectivity index (χ1) is 16.1. The number of fused-ring (bicyclic) bond motifs is 1. The van der Waals surface area contributed by atoms with Crippen LogP contribution in [0.2, 0.25) is 0 Å². The van der Waals surface area contributed by atoms with Crippen molar-refractivity contribution in [2.45, 2.75) is 18.9 Å². The van der Waals surface area contributed by atoms with Crippen molar-refractivity contribution in [3.8, 4) is 11.6 Å². The Bertz CT molecular complexity index is 1640. The quantitative estimate of drug-likeness (QED) is 0.321. The number of hydrogen-bond acceptors (Lipinski definition) is 7. The van der Waals surface area contributed by atoms with Crippen LogP contribution >= 0.6 is 0 Å². The number of imidazole rings is 1. The van der Waals surface area contributed by atoms with Gasteiger partial charge in [0.1, 0.15) is 11.5 Å². The molecule has 11 nitrogen and oxygen atoms in total. The summed E-state index contributed by atoms with van der Waals surface area (Å²) in [5, 5.41) is 22.6. The predicted molar refractivity (Wildman–Crippen MR) is 120 cm³/mol. The van der Waals surface area contributed by atoms with Crippen LogP contribution in [-0.4, -0.2) is 45.5 Å². The average Bonchev–Trinajstić information content (AvgIpc) is 3.17. The monoisotopic (exact) mass is 441 g/mol. The third-order valence-electron chi connectivity index (χ3n) is 5.26. The molecule has 0 unspecified atom stereocenters. The summed E-state index contributed by atoms with van der Waals surface area (Å²) in [6.45, 7) is 0. The van der Waals surface area contributed by atoms with Crippen molar-refractivity contribution in [2.75, 3.05) is 5.32 Å². The van der Waals surface area contributed by atoms with E-state index in [-0.39, 0.29) is 17.6 Å². The van der Waals surface area contributed by atoms with Crippen molar-refractivity contribution in [3.05, 3.63) is 81.9 Å². The normalized spacial score (nSPS) is 14.9. The Balaban J connectivity index is 1.47. The van der Waals surface area contributed by atoms with E-state index in [9.17, 15) is 9.90 Å². The lowest BCUT2D eigenvalue weighted by molar-refractivity contribution is 0.454. The maximum atomic E-state index is 11.5. The van der Waals surface area contributed by atoms with Crippen molar-refractivity contribution >= 4 is 23.2 Å². The Labute approximate surface area is 185 Å². The Kier molecular flexibility index (Phi) is 4.32. The van der Waals surface area contributed by atoms with Crippen molar-refractivity contribution in [2.24, 2.45) is 4.99 Å². The summed E-state index contributed by atoms with van der Waals surface area (Å²) < 4.78 is 3.45. The van der Waals surface area contributed by atoms with Gasteiger partial charge >= 0.3 is 5.69 Å². The number of nitrogens with one attached hydrogen (secondary N) is 3. The van der Waals surface area contributed by atoms with Crippen molar-refractivity contribution in [1.82, 2.24) is 34.3 Å². The van der Waals surface area contributed by atoms with Gasteiger partial charge in [-0.25, -0.2) is 14.5 Å². The maximum Gasteiger partial charge on any atom is 0.326 e. The van der Waals surface area contributed by atoms with Crippen LogP contribution in [0.4, 0.5) is 11.5 Å². The van der Waals surface area contributed by atoms with Gasteiger partial charge in [-0.15, -0.1) is 0 Å². The second kappa shape index (κ2) is 7.48. The topological polar surface area (TPSA) is 141 Å². The fourth-order valence-corrected chi connectivity index (χ4v) is 3.56. The molecule has 1 aliphatic rings. The molecule has 5 aromatic rings. The molecule has 0 amide bonds. The lowest BCUT2D eigenvalue weighted by Crippen LogP contribution is -2.19. The third kappa shape index (κ3) is 3.76. The van der Waals surface area contributed by atoms with Gasteiger partial charge in [0.15, 0.2) is 11.1 Å². The molecule has 0 radical (unpaired) electrons. The number of rotatable bonds is 5. The van der Waals surface area contributed by atoms with Crippen LogP contribution in [-0.2, 0) is 0 Å². The first-order valence-electron chi connectivity index (χ1n) is 10.5. The Morgan fingerprint density at radius 2 is 2.09 bits per heavy atom. The molecule has 1 saturated carbocycles. The molecule has 6 rings (SSSR count). The highest BCUT2D eigenvalue weighted by molar-refractivity contribution is 5.62. The summed E-state index contributed by atoms with van der Waals surface area (Å²) in [6.07, 6.45) is 8.96. The molecule has 0 bridgehead atoms. The lowest BCUT2D eigenvalue weighted by Gasteiger charge is -2.08. The van der Waals surface area contributed by atoms with Crippen molar-refractivity contribution < 1.29 is 5.11 Å². The lowest BCUT2D eigenvalue weighted by atomic mass is 10.2. The third-order valence-corrected chi connectivity index (χ3v) is 5.26. The molecule has 1 aliphatic carbocycles. The summed E-state index contributed by atoms with van der Waals surface area (Å²) in [5.74, 6) is 0.355. The fourth-order valence-electron chi connectivity index (χ4n) is 3.56. The van der Waals surface area contributed by atoms with Gasteiger partial charge in [-0.1, -0.05) is 6.07 Å². The second-order valence-electron chi connectivity index (χ2n) is 7.81. The summed E-state index contributed by atoms with van der Waals surface area (Å²) in [6, 6.07) is 11.8. The molecular weight excluding hydrogens is 422 g/mol. The van der Waals surface area contributed by atoms with Gasteiger partial charge in [-0.05, 0) is 43.2 Å². The molecular formula is C22H19N9O2. The molecule has 0 aliphatic heterocycles. The highest BCUT2D eigenvalue weighted by Crippen LogP contribution is 2.23. The highest BCUT2D eigenvalue weighted by atomic mass is 16.3. The minimum absolute atomic E-state index is 0.244. The molecule has 0 spiro atoms. The number of hydrogen-bond donors (Lipinski definition) is 4. The molecule has 4 heterocycles. The SMILES string of the molecule is O=c1[nH]c(O)c(/C=c2/cnn3c(=NC4CC4)cc(Nc4cccc(-n5cccn5)c4)nc23)[nH]1. The van der Waals surface area contributed by atoms with Crippen molar-refractivity contribution in [3.63, 3.8) is 0 Å². The van der Waals surface area contributed by atoms with Crippen LogP contribution in [0.25, 0.3) is 17.4 Å². The second-order valence-corrected chi connectivity index (χ2v) is 7.81. The number of nitrogens with zero attached hydrogens (tertiary/aromatic N) is 6. The Hall–Kier alpha value is -4.67. The van der Waals surface area contributed by atoms with E-state index in [2.05, 4.69) is 25.5 Å². The fraction of sp³-hybridized carbons (Fsp3) is 0.136. The molecule has 164 valence electrons. The smallest absolute Gasteiger partial charge is 0.326 e. The van der Waals surface area contributed by atoms with Gasteiger partial charge < -0.3 is 15.4 Å². The van der Waals surface area contributed by atoms with E-state index in [4.69, 9.17) is 9.98 Å². The number of anilines is 2. The minimum Gasteiger partial charge on any atom is -0.493 e. The molecule has 0 saturated heterocycles. The first kappa shape index (κ1) is 19.0. The summed E-state index contributed by atoms with van der Waals surface area (Å²) in [5.41, 5.74) is 2.74. The van der Waals surface area contributed by atoms with E-state index < -0.39 is 5.69 Å².